The molecule has 0 aliphatic carbocycles. The molecule has 0 spiro atoms. The van der Waals surface area contributed by atoms with Crippen LogP contribution in [0.15, 0.2) is 41.5 Å². The van der Waals surface area contributed by atoms with Crippen LogP contribution in [0.2, 0.25) is 0 Å². The largest absolute Gasteiger partial charge is 0.356 e. The van der Waals surface area contributed by atoms with Crippen molar-refractivity contribution < 1.29 is 8.42 Å². The van der Waals surface area contributed by atoms with Crippen LogP contribution in [-0.2, 0) is 22.1 Å². The van der Waals surface area contributed by atoms with Crippen LogP contribution >= 0.6 is 35.3 Å². The van der Waals surface area contributed by atoms with E-state index < -0.39 is 9.84 Å². The molecule has 0 atom stereocenters. The first kappa shape index (κ1) is 22.8. The van der Waals surface area contributed by atoms with Crippen LogP contribution in [0.25, 0.3) is 0 Å². The van der Waals surface area contributed by atoms with Gasteiger partial charge in [-0.05, 0) is 18.9 Å². The van der Waals surface area contributed by atoms with E-state index in [0.29, 0.717) is 25.5 Å². The molecule has 6 nitrogen and oxygen atoms in total. The summed E-state index contributed by atoms with van der Waals surface area (Å²) in [6, 6.07) is 9.26. The maximum atomic E-state index is 12.1. The van der Waals surface area contributed by atoms with Gasteiger partial charge in [-0.3, -0.25) is 4.99 Å². The van der Waals surface area contributed by atoms with Gasteiger partial charge in [-0.1, -0.05) is 30.3 Å². The lowest BCUT2D eigenvalue weighted by molar-refractivity contribution is 0.591. The van der Waals surface area contributed by atoms with Crippen molar-refractivity contribution in [3.8, 4) is 0 Å². The molecule has 0 saturated carbocycles. The quantitative estimate of drug-likeness (QED) is 0.248. The second kappa shape index (κ2) is 11.5. The SMILES string of the molecule is CN=C(NCCCS(=O)(=O)Cc1ccccc1)NCc1ncc(C)s1.I. The Bertz CT molecular complexity index is 792. The summed E-state index contributed by atoms with van der Waals surface area (Å²) < 4.78 is 24.3. The van der Waals surface area contributed by atoms with E-state index in [1.165, 1.54) is 4.88 Å². The second-order valence-corrected chi connectivity index (χ2v) is 9.15. The van der Waals surface area contributed by atoms with E-state index in [9.17, 15) is 8.42 Å². The highest BCUT2D eigenvalue weighted by Crippen LogP contribution is 2.10. The van der Waals surface area contributed by atoms with E-state index in [1.54, 1.807) is 18.4 Å². The van der Waals surface area contributed by atoms with Gasteiger partial charge < -0.3 is 10.6 Å². The van der Waals surface area contributed by atoms with Crippen molar-refractivity contribution in [1.82, 2.24) is 15.6 Å². The number of thiazole rings is 1. The molecule has 0 unspecified atom stereocenters. The van der Waals surface area contributed by atoms with Gasteiger partial charge in [0.05, 0.1) is 18.1 Å². The van der Waals surface area contributed by atoms with E-state index in [1.807, 2.05) is 43.5 Å². The molecule has 26 heavy (non-hydrogen) atoms. The van der Waals surface area contributed by atoms with Crippen LogP contribution in [-0.4, -0.2) is 38.7 Å². The minimum absolute atomic E-state index is 0. The Balaban J connectivity index is 0.00000338. The number of aliphatic imine (C=N–C) groups is 1. The third kappa shape index (κ3) is 8.45. The molecule has 9 heteroatoms. The number of aromatic nitrogens is 1. The number of nitrogens with zero attached hydrogens (tertiary/aromatic N) is 2. The van der Waals surface area contributed by atoms with E-state index in [0.717, 1.165) is 10.6 Å². The van der Waals surface area contributed by atoms with Crippen molar-refractivity contribution in [2.24, 2.45) is 4.99 Å². The Hall–Kier alpha value is -1.20. The fourth-order valence-corrected chi connectivity index (χ4v) is 4.42. The molecule has 144 valence electrons. The van der Waals surface area contributed by atoms with Gasteiger partial charge in [0.15, 0.2) is 15.8 Å². The third-order valence-electron chi connectivity index (χ3n) is 3.45. The molecular weight excluding hydrogens is 483 g/mol. The van der Waals surface area contributed by atoms with E-state index in [2.05, 4.69) is 20.6 Å². The van der Waals surface area contributed by atoms with Crippen LogP contribution in [0.4, 0.5) is 0 Å². The van der Waals surface area contributed by atoms with Gasteiger partial charge in [0.2, 0.25) is 0 Å². The average Bonchev–Trinajstić information content (AvgIpc) is 3.00. The molecule has 2 rings (SSSR count). The van der Waals surface area contributed by atoms with Gasteiger partial charge in [-0.25, -0.2) is 13.4 Å². The third-order valence-corrected chi connectivity index (χ3v) is 6.05. The first-order valence-corrected chi connectivity index (χ1v) is 10.7. The Morgan fingerprint density at radius 1 is 1.23 bits per heavy atom. The van der Waals surface area contributed by atoms with Crippen LogP contribution in [0.5, 0.6) is 0 Å². The van der Waals surface area contributed by atoms with Gasteiger partial charge in [0.1, 0.15) is 5.01 Å². The number of hydrogen-bond acceptors (Lipinski definition) is 5. The fraction of sp³-hybridized carbons (Fsp3) is 0.412. The summed E-state index contributed by atoms with van der Waals surface area (Å²) >= 11 is 1.64. The smallest absolute Gasteiger partial charge is 0.191 e. The summed E-state index contributed by atoms with van der Waals surface area (Å²) in [5, 5.41) is 7.30. The maximum absolute atomic E-state index is 12.1. The van der Waals surface area contributed by atoms with E-state index in [4.69, 9.17) is 0 Å². The second-order valence-electron chi connectivity index (χ2n) is 5.65. The van der Waals surface area contributed by atoms with Crippen LogP contribution in [0, 0.1) is 6.92 Å². The van der Waals surface area contributed by atoms with Crippen LogP contribution in [0.1, 0.15) is 21.9 Å². The zero-order chi connectivity index (χ0) is 18.1. The molecular formula is C17H25IN4O2S2. The monoisotopic (exact) mass is 508 g/mol. The molecule has 0 fully saturated rings. The molecule has 1 aromatic carbocycles. The Morgan fingerprint density at radius 2 is 1.96 bits per heavy atom. The fourth-order valence-electron chi connectivity index (χ4n) is 2.26. The molecule has 0 aliphatic heterocycles. The lowest BCUT2D eigenvalue weighted by Gasteiger charge is -2.11. The lowest BCUT2D eigenvalue weighted by Crippen LogP contribution is -2.37. The number of rotatable bonds is 8. The summed E-state index contributed by atoms with van der Waals surface area (Å²) in [5.41, 5.74) is 0.826. The minimum atomic E-state index is -3.10. The Kier molecular flexibility index (Phi) is 10.1. The lowest BCUT2D eigenvalue weighted by atomic mass is 10.2. The molecule has 2 aromatic rings. The van der Waals surface area contributed by atoms with Crippen molar-refractivity contribution in [2.45, 2.75) is 25.6 Å². The first-order chi connectivity index (χ1) is 12.0. The van der Waals surface area contributed by atoms with Gasteiger partial charge >= 0.3 is 0 Å². The predicted octanol–water partition coefficient (Wildman–Crippen LogP) is 2.74. The zero-order valence-corrected chi connectivity index (χ0v) is 18.9. The zero-order valence-electron chi connectivity index (χ0n) is 14.9. The number of aryl methyl sites for hydroxylation is 1. The summed E-state index contributed by atoms with van der Waals surface area (Å²) in [6.45, 7) is 3.17. The Labute approximate surface area is 176 Å². The summed E-state index contributed by atoms with van der Waals surface area (Å²) in [6.07, 6.45) is 2.38. The molecule has 0 aliphatic rings. The van der Waals surface area contributed by atoms with Crippen LogP contribution < -0.4 is 10.6 Å². The summed E-state index contributed by atoms with van der Waals surface area (Å²) in [5.74, 6) is 0.884. The predicted molar refractivity (Wildman–Crippen MR) is 119 cm³/mol. The minimum Gasteiger partial charge on any atom is -0.356 e. The highest BCUT2D eigenvalue weighted by atomic mass is 127. The topological polar surface area (TPSA) is 83.5 Å². The van der Waals surface area contributed by atoms with Gasteiger partial charge in [0, 0.05) is 24.7 Å². The molecule has 0 radical (unpaired) electrons. The standard InChI is InChI=1S/C17H24N4O2S2.HI/c1-14-11-20-16(24-14)12-21-17(18-2)19-9-6-10-25(22,23)13-15-7-4-3-5-8-15;/h3-5,7-8,11H,6,9-10,12-13H2,1-2H3,(H2,18,19,21);1H. The molecule has 0 bridgehead atoms. The van der Waals surface area contributed by atoms with Crippen molar-refractivity contribution in [2.75, 3.05) is 19.3 Å². The highest BCUT2D eigenvalue weighted by molar-refractivity contribution is 14.0. The average molecular weight is 508 g/mol. The number of halogens is 1. The number of guanidine groups is 1. The number of hydrogen-bond donors (Lipinski definition) is 2. The maximum Gasteiger partial charge on any atom is 0.191 e. The van der Waals surface area contributed by atoms with Crippen molar-refractivity contribution >= 4 is 51.1 Å². The highest BCUT2D eigenvalue weighted by Gasteiger charge is 2.11. The molecule has 1 heterocycles. The summed E-state index contributed by atoms with van der Waals surface area (Å²) in [4.78, 5) is 9.59. The molecule has 0 saturated heterocycles. The first-order valence-electron chi connectivity index (χ1n) is 8.09. The van der Waals surface area contributed by atoms with Crippen molar-refractivity contribution in [1.29, 1.82) is 0 Å². The van der Waals surface area contributed by atoms with Gasteiger partial charge in [-0.15, -0.1) is 35.3 Å². The molecule has 1 aromatic heterocycles. The van der Waals surface area contributed by atoms with E-state index in [-0.39, 0.29) is 35.5 Å². The number of benzene rings is 1. The summed E-state index contributed by atoms with van der Waals surface area (Å²) in [7, 11) is -1.41. The van der Waals surface area contributed by atoms with Crippen LogP contribution in [0.3, 0.4) is 0 Å². The van der Waals surface area contributed by atoms with E-state index >= 15 is 0 Å². The normalized spacial score (nSPS) is 11.7. The van der Waals surface area contributed by atoms with Crippen molar-refractivity contribution in [3.05, 3.63) is 52.0 Å². The molecule has 2 N–H and O–H groups in total. The van der Waals surface area contributed by atoms with Crippen molar-refractivity contribution in [3.63, 3.8) is 0 Å². The number of sulfone groups is 1. The Morgan fingerprint density at radius 3 is 2.58 bits per heavy atom. The van der Waals surface area contributed by atoms with Gasteiger partial charge in [-0.2, -0.15) is 0 Å². The number of nitrogens with one attached hydrogen (secondary N) is 2. The molecule has 0 amide bonds. The van der Waals surface area contributed by atoms with Gasteiger partial charge in [0.25, 0.3) is 0 Å².